The quantitative estimate of drug-likeness (QED) is 0.321. The number of pyridine rings is 1. The van der Waals surface area contributed by atoms with Gasteiger partial charge in [0.25, 0.3) is 5.56 Å². The second-order valence-electron chi connectivity index (χ2n) is 9.81. The van der Waals surface area contributed by atoms with Crippen LogP contribution in [0, 0.1) is 0 Å². The van der Waals surface area contributed by atoms with Crippen molar-refractivity contribution in [2.24, 2.45) is 0 Å². The minimum Gasteiger partial charge on any atom is -0.497 e. The summed E-state index contributed by atoms with van der Waals surface area (Å²) in [6, 6.07) is 25.4. The van der Waals surface area contributed by atoms with Gasteiger partial charge >= 0.3 is 0 Å². The van der Waals surface area contributed by atoms with Crippen LogP contribution in [0.25, 0.3) is 10.9 Å². The Hall–Kier alpha value is -4.70. The monoisotopic (exact) mass is 537 g/mol. The fourth-order valence-corrected chi connectivity index (χ4v) is 5.33. The number of hydrogen-bond donors (Lipinski definition) is 1. The third kappa shape index (κ3) is 5.13. The van der Waals surface area contributed by atoms with Gasteiger partial charge in [0.1, 0.15) is 17.5 Å². The number of aromatic nitrogens is 5. The molecular formula is C30H31N7O3. The lowest BCUT2D eigenvalue weighted by atomic mass is 10.0. The smallest absolute Gasteiger partial charge is 0.253 e. The van der Waals surface area contributed by atoms with Gasteiger partial charge in [-0.3, -0.25) is 9.69 Å². The Morgan fingerprint density at radius 2 is 1.60 bits per heavy atom. The maximum atomic E-state index is 13.6. The summed E-state index contributed by atoms with van der Waals surface area (Å²) in [7, 11) is 3.26. The molecule has 0 spiro atoms. The molecule has 1 N–H and O–H groups in total. The number of fused-ring (bicyclic) bond motifs is 1. The van der Waals surface area contributed by atoms with E-state index in [1.807, 2.05) is 54.6 Å². The van der Waals surface area contributed by atoms with Crippen LogP contribution in [0.1, 0.15) is 23.0 Å². The zero-order valence-electron chi connectivity index (χ0n) is 22.5. The van der Waals surface area contributed by atoms with Crippen molar-refractivity contribution in [1.82, 2.24) is 30.1 Å². The summed E-state index contributed by atoms with van der Waals surface area (Å²) in [5, 5.41) is 13.8. The number of ether oxygens (including phenoxy) is 2. The first-order chi connectivity index (χ1) is 19.6. The molecule has 10 heteroatoms. The van der Waals surface area contributed by atoms with Gasteiger partial charge in [-0.25, -0.2) is 4.68 Å². The molecule has 1 fully saturated rings. The van der Waals surface area contributed by atoms with E-state index in [2.05, 4.69) is 54.6 Å². The molecule has 1 aliphatic rings. The highest BCUT2D eigenvalue weighted by Gasteiger charge is 2.33. The van der Waals surface area contributed by atoms with Crippen LogP contribution in [-0.4, -0.2) is 70.5 Å². The fourth-order valence-electron chi connectivity index (χ4n) is 5.33. The Bertz CT molecular complexity index is 1640. The number of H-pyrrole nitrogens is 1. The third-order valence-corrected chi connectivity index (χ3v) is 7.47. The molecule has 0 bridgehead atoms. The van der Waals surface area contributed by atoms with Gasteiger partial charge in [0.15, 0.2) is 5.82 Å². The number of benzene rings is 3. The van der Waals surface area contributed by atoms with E-state index in [1.54, 1.807) is 18.9 Å². The number of piperazine rings is 1. The van der Waals surface area contributed by atoms with E-state index in [4.69, 9.17) is 9.47 Å². The number of nitrogens with zero attached hydrogens (tertiary/aromatic N) is 6. The lowest BCUT2D eigenvalue weighted by Crippen LogP contribution is -2.49. The SMILES string of the molecule is COc1ccc(Cn2nnnc2[C@@H](c2cc3ccc(OC)cc3[nH]c2=O)N2CCN(c3ccccc3)CC2)cc1. The van der Waals surface area contributed by atoms with E-state index < -0.39 is 6.04 Å². The van der Waals surface area contributed by atoms with Crippen LogP contribution in [0.2, 0.25) is 0 Å². The maximum absolute atomic E-state index is 13.6. The Kier molecular flexibility index (Phi) is 7.15. The second-order valence-corrected chi connectivity index (χ2v) is 9.81. The average molecular weight is 538 g/mol. The lowest BCUT2D eigenvalue weighted by molar-refractivity contribution is 0.200. The van der Waals surface area contributed by atoms with Gasteiger partial charge in [0.05, 0.1) is 26.3 Å². The van der Waals surface area contributed by atoms with Crippen molar-refractivity contribution in [2.75, 3.05) is 45.3 Å². The molecule has 10 nitrogen and oxygen atoms in total. The number of para-hydroxylation sites is 1. The predicted octanol–water partition coefficient (Wildman–Crippen LogP) is 3.49. The number of methoxy groups -OCH3 is 2. The van der Waals surface area contributed by atoms with E-state index in [-0.39, 0.29) is 5.56 Å². The molecule has 5 aromatic rings. The highest BCUT2D eigenvalue weighted by atomic mass is 16.5. The largest absolute Gasteiger partial charge is 0.497 e. The zero-order chi connectivity index (χ0) is 27.5. The van der Waals surface area contributed by atoms with Crippen molar-refractivity contribution in [3.05, 3.63) is 106 Å². The van der Waals surface area contributed by atoms with Gasteiger partial charge in [-0.2, -0.15) is 0 Å². The summed E-state index contributed by atoms with van der Waals surface area (Å²) >= 11 is 0. The minimum absolute atomic E-state index is 0.171. The molecule has 0 saturated carbocycles. The molecule has 2 aromatic heterocycles. The van der Waals surface area contributed by atoms with E-state index in [0.29, 0.717) is 23.7 Å². The van der Waals surface area contributed by atoms with Crippen LogP contribution >= 0.6 is 0 Å². The summed E-state index contributed by atoms with van der Waals surface area (Å²) in [4.78, 5) is 21.3. The molecule has 1 aliphatic heterocycles. The van der Waals surface area contributed by atoms with Crippen LogP contribution in [0.5, 0.6) is 11.5 Å². The molecule has 3 aromatic carbocycles. The highest BCUT2D eigenvalue weighted by Crippen LogP contribution is 2.30. The number of hydrogen-bond acceptors (Lipinski definition) is 8. The number of aromatic amines is 1. The van der Waals surface area contributed by atoms with Crippen LogP contribution in [0.15, 0.2) is 83.7 Å². The molecule has 1 saturated heterocycles. The van der Waals surface area contributed by atoms with E-state index in [9.17, 15) is 4.79 Å². The summed E-state index contributed by atoms with van der Waals surface area (Å²) < 4.78 is 12.4. The molecule has 0 radical (unpaired) electrons. The molecule has 0 aliphatic carbocycles. The van der Waals surface area contributed by atoms with E-state index >= 15 is 0 Å². The Balaban J connectivity index is 1.38. The predicted molar refractivity (Wildman–Crippen MR) is 153 cm³/mol. The van der Waals surface area contributed by atoms with Crippen LogP contribution in [0.4, 0.5) is 5.69 Å². The van der Waals surface area contributed by atoms with Crippen molar-refractivity contribution in [2.45, 2.75) is 12.6 Å². The van der Waals surface area contributed by atoms with Gasteiger partial charge in [0.2, 0.25) is 0 Å². The normalized spacial score (nSPS) is 14.8. The minimum atomic E-state index is -0.429. The van der Waals surface area contributed by atoms with Gasteiger partial charge < -0.3 is 19.4 Å². The summed E-state index contributed by atoms with van der Waals surface area (Å²) in [6.45, 7) is 3.60. The second kappa shape index (κ2) is 11.2. The standard InChI is InChI=1S/C30H31N7O3/c1-39-24-11-8-21(9-12-24)20-37-29(32-33-34-37)28(36-16-14-35(15-17-36)23-6-4-3-5-7-23)26-18-22-10-13-25(40-2)19-27(22)31-30(26)38/h3-13,18-19,28H,14-17,20H2,1-2H3,(H,31,38)/t28-/m1/s1. The molecule has 0 unspecified atom stereocenters. The van der Waals surface area contributed by atoms with E-state index in [1.165, 1.54) is 5.69 Å². The molecule has 40 heavy (non-hydrogen) atoms. The number of nitrogens with one attached hydrogen (secondary N) is 1. The Morgan fingerprint density at radius 3 is 2.33 bits per heavy atom. The Morgan fingerprint density at radius 1 is 0.875 bits per heavy atom. The first-order valence-corrected chi connectivity index (χ1v) is 13.3. The first kappa shape index (κ1) is 25.6. The summed E-state index contributed by atoms with van der Waals surface area (Å²) in [5.74, 6) is 2.10. The maximum Gasteiger partial charge on any atom is 0.253 e. The highest BCUT2D eigenvalue weighted by molar-refractivity contribution is 5.80. The molecule has 6 rings (SSSR count). The Labute approximate surface area is 231 Å². The van der Waals surface area contributed by atoms with Crippen molar-refractivity contribution in [3.63, 3.8) is 0 Å². The molecule has 3 heterocycles. The van der Waals surface area contributed by atoms with Crippen LogP contribution < -0.4 is 19.9 Å². The number of tetrazole rings is 1. The summed E-state index contributed by atoms with van der Waals surface area (Å²) in [6.07, 6.45) is 0. The van der Waals surface area contributed by atoms with Crippen molar-refractivity contribution in [3.8, 4) is 11.5 Å². The van der Waals surface area contributed by atoms with Gasteiger partial charge in [0, 0.05) is 43.5 Å². The molecule has 1 atom stereocenters. The average Bonchev–Trinajstić information content (AvgIpc) is 3.46. The van der Waals surface area contributed by atoms with E-state index in [0.717, 1.165) is 48.4 Å². The van der Waals surface area contributed by atoms with Gasteiger partial charge in [-0.1, -0.05) is 30.3 Å². The molecule has 0 amide bonds. The van der Waals surface area contributed by atoms with Gasteiger partial charge in [-0.05, 0) is 63.8 Å². The first-order valence-electron chi connectivity index (χ1n) is 13.3. The number of anilines is 1. The van der Waals surface area contributed by atoms with Crippen molar-refractivity contribution >= 4 is 16.6 Å². The molecular weight excluding hydrogens is 506 g/mol. The fraction of sp³-hybridized carbons (Fsp3) is 0.267. The topological polar surface area (TPSA) is 101 Å². The lowest BCUT2D eigenvalue weighted by Gasteiger charge is -2.39. The van der Waals surface area contributed by atoms with Crippen LogP contribution in [-0.2, 0) is 6.54 Å². The van der Waals surface area contributed by atoms with Crippen LogP contribution in [0.3, 0.4) is 0 Å². The summed E-state index contributed by atoms with van der Waals surface area (Å²) in [5.41, 5.74) is 3.38. The zero-order valence-corrected chi connectivity index (χ0v) is 22.5. The van der Waals surface area contributed by atoms with Crippen molar-refractivity contribution < 1.29 is 9.47 Å². The third-order valence-electron chi connectivity index (χ3n) is 7.47. The molecule has 204 valence electrons. The van der Waals surface area contributed by atoms with Gasteiger partial charge in [-0.15, -0.1) is 5.10 Å². The van der Waals surface area contributed by atoms with Crippen molar-refractivity contribution in [1.29, 1.82) is 0 Å². The number of rotatable bonds is 8.